The van der Waals surface area contributed by atoms with Crippen LogP contribution in [-0.4, -0.2) is 49.4 Å². The molecule has 1 saturated carbocycles. The topological polar surface area (TPSA) is 80.5 Å². The molecule has 3 unspecified atom stereocenters. The van der Waals surface area contributed by atoms with Crippen LogP contribution in [-0.2, 0) is 14.6 Å². The molecule has 0 radical (unpaired) electrons. The zero-order valence-electron chi connectivity index (χ0n) is 10.1. The highest BCUT2D eigenvalue weighted by atomic mass is 32.2. The lowest BCUT2D eigenvalue weighted by Gasteiger charge is -2.35. The number of carbonyl (C=O) groups is 1. The molecule has 2 aliphatic rings. The first-order valence-electron chi connectivity index (χ1n) is 6.17. The number of carbonyl (C=O) groups excluding carboxylic acids is 1. The van der Waals surface area contributed by atoms with Crippen LogP contribution in [0.4, 0.5) is 0 Å². The molecule has 98 valence electrons. The van der Waals surface area contributed by atoms with Crippen LogP contribution in [0.25, 0.3) is 0 Å². The zero-order valence-corrected chi connectivity index (χ0v) is 10.9. The van der Waals surface area contributed by atoms with Gasteiger partial charge in [-0.25, -0.2) is 8.42 Å². The van der Waals surface area contributed by atoms with Crippen LogP contribution in [0.5, 0.6) is 0 Å². The van der Waals surface area contributed by atoms with E-state index in [1.165, 1.54) is 0 Å². The van der Waals surface area contributed by atoms with Crippen molar-refractivity contribution in [3.8, 4) is 0 Å². The van der Waals surface area contributed by atoms with E-state index in [9.17, 15) is 13.2 Å². The Morgan fingerprint density at radius 3 is 2.59 bits per heavy atom. The van der Waals surface area contributed by atoms with Gasteiger partial charge in [0.15, 0.2) is 9.84 Å². The van der Waals surface area contributed by atoms with Crippen molar-refractivity contribution in [3.63, 3.8) is 0 Å². The Balaban J connectivity index is 2.05. The summed E-state index contributed by atoms with van der Waals surface area (Å²) in [5, 5.41) is 0. The van der Waals surface area contributed by atoms with Crippen LogP contribution in [0.2, 0.25) is 0 Å². The molecule has 6 heteroatoms. The van der Waals surface area contributed by atoms with Gasteiger partial charge < -0.3 is 10.6 Å². The third-order valence-corrected chi connectivity index (χ3v) is 5.63. The predicted molar refractivity (Wildman–Crippen MR) is 65.1 cm³/mol. The van der Waals surface area contributed by atoms with Gasteiger partial charge in [0.2, 0.25) is 5.91 Å². The molecular formula is C11H20N2O3S. The third-order valence-electron chi connectivity index (χ3n) is 3.84. The lowest BCUT2D eigenvalue weighted by molar-refractivity contribution is -0.137. The monoisotopic (exact) mass is 260 g/mol. The van der Waals surface area contributed by atoms with Crippen LogP contribution in [0, 0.1) is 5.92 Å². The van der Waals surface area contributed by atoms with Gasteiger partial charge in [-0.15, -0.1) is 0 Å². The van der Waals surface area contributed by atoms with E-state index < -0.39 is 9.84 Å². The lowest BCUT2D eigenvalue weighted by Crippen LogP contribution is -2.53. The van der Waals surface area contributed by atoms with E-state index in [4.69, 9.17) is 5.73 Å². The van der Waals surface area contributed by atoms with Gasteiger partial charge in [-0.05, 0) is 19.8 Å². The Morgan fingerprint density at radius 2 is 2.06 bits per heavy atom. The number of rotatable bonds is 1. The summed E-state index contributed by atoms with van der Waals surface area (Å²) in [4.78, 5) is 14.0. The molecule has 17 heavy (non-hydrogen) atoms. The molecule has 0 aromatic carbocycles. The number of nitrogens with zero attached hydrogens (tertiary/aromatic N) is 1. The zero-order chi connectivity index (χ0) is 12.6. The van der Waals surface area contributed by atoms with Gasteiger partial charge in [-0.2, -0.15) is 0 Å². The van der Waals surface area contributed by atoms with Gasteiger partial charge in [-0.1, -0.05) is 6.42 Å². The van der Waals surface area contributed by atoms with E-state index in [1.54, 1.807) is 11.8 Å². The number of hydrogen-bond donors (Lipinski definition) is 1. The fraction of sp³-hybridized carbons (Fsp3) is 0.909. The van der Waals surface area contributed by atoms with E-state index in [2.05, 4.69) is 0 Å². The first-order chi connectivity index (χ1) is 7.91. The Labute approximate surface area is 102 Å². The Hall–Kier alpha value is -0.620. The average molecular weight is 260 g/mol. The van der Waals surface area contributed by atoms with Gasteiger partial charge in [0, 0.05) is 18.6 Å². The van der Waals surface area contributed by atoms with E-state index in [0.29, 0.717) is 6.54 Å². The van der Waals surface area contributed by atoms with Gasteiger partial charge in [0.05, 0.1) is 17.4 Å². The lowest BCUT2D eigenvalue weighted by atomic mass is 10.0. The Kier molecular flexibility index (Phi) is 3.45. The van der Waals surface area contributed by atoms with E-state index >= 15 is 0 Å². The summed E-state index contributed by atoms with van der Waals surface area (Å²) >= 11 is 0. The number of amides is 1. The van der Waals surface area contributed by atoms with Crippen molar-refractivity contribution in [3.05, 3.63) is 0 Å². The molecule has 5 nitrogen and oxygen atoms in total. The van der Waals surface area contributed by atoms with Crippen LogP contribution in [0.15, 0.2) is 0 Å². The van der Waals surface area contributed by atoms with Crippen LogP contribution in [0.3, 0.4) is 0 Å². The second-order valence-electron chi connectivity index (χ2n) is 5.20. The summed E-state index contributed by atoms with van der Waals surface area (Å²) in [5.41, 5.74) is 5.92. The van der Waals surface area contributed by atoms with Crippen molar-refractivity contribution in [2.75, 3.05) is 18.1 Å². The number of sulfone groups is 1. The molecule has 1 heterocycles. The van der Waals surface area contributed by atoms with Gasteiger partial charge in [-0.3, -0.25) is 4.79 Å². The molecule has 0 aromatic rings. The van der Waals surface area contributed by atoms with Crippen molar-refractivity contribution in [1.29, 1.82) is 0 Å². The van der Waals surface area contributed by atoms with Crippen LogP contribution in [0.1, 0.15) is 26.2 Å². The second-order valence-corrected chi connectivity index (χ2v) is 7.42. The summed E-state index contributed by atoms with van der Waals surface area (Å²) in [6, 6.07) is -0.262. The van der Waals surface area contributed by atoms with E-state index in [-0.39, 0.29) is 35.4 Å². The SMILES string of the molecule is CC1CS(=O)(=O)CCN1C(=O)C1CCCC1N. The molecule has 1 amide bonds. The maximum absolute atomic E-state index is 12.3. The molecule has 1 aliphatic carbocycles. The quantitative estimate of drug-likeness (QED) is 0.705. The highest BCUT2D eigenvalue weighted by Crippen LogP contribution is 2.27. The van der Waals surface area contributed by atoms with Crippen LogP contribution < -0.4 is 5.73 Å². The third kappa shape index (κ3) is 2.63. The fourth-order valence-corrected chi connectivity index (χ4v) is 4.39. The van der Waals surface area contributed by atoms with Crippen molar-refractivity contribution >= 4 is 15.7 Å². The standard InChI is InChI=1S/C11H20N2O3S/c1-8-7-17(15,16)6-5-13(8)11(14)9-3-2-4-10(9)12/h8-10H,2-7,12H2,1H3. The molecule has 0 aromatic heterocycles. The highest BCUT2D eigenvalue weighted by Gasteiger charge is 2.38. The van der Waals surface area contributed by atoms with Crippen LogP contribution >= 0.6 is 0 Å². The number of nitrogens with two attached hydrogens (primary N) is 1. The highest BCUT2D eigenvalue weighted by molar-refractivity contribution is 7.91. The van der Waals surface area contributed by atoms with Gasteiger partial charge in [0.25, 0.3) is 0 Å². The van der Waals surface area contributed by atoms with E-state index in [0.717, 1.165) is 19.3 Å². The maximum Gasteiger partial charge on any atom is 0.227 e. The summed E-state index contributed by atoms with van der Waals surface area (Å²) < 4.78 is 22.9. The summed E-state index contributed by atoms with van der Waals surface area (Å²) in [7, 11) is -2.96. The minimum atomic E-state index is -2.96. The summed E-state index contributed by atoms with van der Waals surface area (Å²) in [6.07, 6.45) is 2.74. The number of hydrogen-bond acceptors (Lipinski definition) is 4. The Bertz CT molecular complexity index is 407. The van der Waals surface area contributed by atoms with Crippen molar-refractivity contribution in [1.82, 2.24) is 4.90 Å². The van der Waals surface area contributed by atoms with Gasteiger partial charge >= 0.3 is 0 Å². The first kappa shape index (κ1) is 12.8. The maximum atomic E-state index is 12.3. The molecule has 2 fully saturated rings. The molecule has 2 N–H and O–H groups in total. The smallest absolute Gasteiger partial charge is 0.227 e. The molecule has 2 rings (SSSR count). The molecule has 1 aliphatic heterocycles. The minimum Gasteiger partial charge on any atom is -0.338 e. The normalized spacial score (nSPS) is 37.1. The molecule has 0 bridgehead atoms. The van der Waals surface area contributed by atoms with Gasteiger partial charge in [0.1, 0.15) is 0 Å². The fourth-order valence-electron chi connectivity index (χ4n) is 2.83. The largest absolute Gasteiger partial charge is 0.338 e. The molecule has 3 atom stereocenters. The average Bonchev–Trinajstić information content (AvgIpc) is 2.62. The summed E-state index contributed by atoms with van der Waals surface area (Å²) in [6.45, 7) is 2.13. The van der Waals surface area contributed by atoms with Crippen molar-refractivity contribution < 1.29 is 13.2 Å². The first-order valence-corrected chi connectivity index (χ1v) is 7.99. The second kappa shape index (κ2) is 4.57. The Morgan fingerprint density at radius 1 is 1.35 bits per heavy atom. The molecule has 1 saturated heterocycles. The predicted octanol–water partition coefficient (Wildman–Crippen LogP) is -0.241. The minimum absolute atomic E-state index is 0.0479. The van der Waals surface area contributed by atoms with Crippen molar-refractivity contribution in [2.45, 2.75) is 38.3 Å². The molecule has 0 spiro atoms. The summed E-state index contributed by atoms with van der Waals surface area (Å²) in [5.74, 6) is 0.127. The van der Waals surface area contributed by atoms with E-state index in [1.807, 2.05) is 0 Å². The van der Waals surface area contributed by atoms with Crippen molar-refractivity contribution in [2.24, 2.45) is 11.7 Å². The molecular weight excluding hydrogens is 240 g/mol.